The summed E-state index contributed by atoms with van der Waals surface area (Å²) in [7, 11) is 1.62. The summed E-state index contributed by atoms with van der Waals surface area (Å²) in [4.78, 5) is 0. The smallest absolute Gasteiger partial charge is 0.123 e. The summed E-state index contributed by atoms with van der Waals surface area (Å²) in [5, 5.41) is 9.02. The maximum atomic E-state index is 9.02. The molecule has 1 aromatic rings. The zero-order valence-electron chi connectivity index (χ0n) is 10.0. The first kappa shape index (κ1) is 12.5. The van der Waals surface area contributed by atoms with Crippen LogP contribution in [0.5, 0.6) is 5.75 Å². The maximum absolute atomic E-state index is 9.02. The highest BCUT2D eigenvalue weighted by Crippen LogP contribution is 2.30. The van der Waals surface area contributed by atoms with Crippen molar-refractivity contribution in [3.8, 4) is 11.8 Å². The van der Waals surface area contributed by atoms with Gasteiger partial charge in [-0.3, -0.25) is 0 Å². The lowest BCUT2D eigenvalue weighted by atomic mass is 9.91. The van der Waals surface area contributed by atoms with Crippen LogP contribution in [0.25, 0.3) is 0 Å². The molecular weight excluding hydrogens is 200 g/mol. The predicted molar refractivity (Wildman–Crippen MR) is 64.1 cm³/mol. The van der Waals surface area contributed by atoms with Crippen LogP contribution < -0.4 is 10.5 Å². The summed E-state index contributed by atoms with van der Waals surface area (Å²) in [5.41, 5.74) is 8.14. The predicted octanol–water partition coefficient (Wildman–Crippen LogP) is 2.55. The molecule has 0 aliphatic carbocycles. The summed E-state index contributed by atoms with van der Waals surface area (Å²) in [5.74, 6) is 0.586. The number of rotatable bonds is 4. The minimum Gasteiger partial charge on any atom is -0.496 e. The molecule has 2 atom stereocenters. The van der Waals surface area contributed by atoms with Crippen molar-refractivity contribution < 1.29 is 4.74 Å². The fourth-order valence-electron chi connectivity index (χ4n) is 1.76. The van der Waals surface area contributed by atoms with Crippen molar-refractivity contribution in [3.05, 3.63) is 29.3 Å². The number of methoxy groups -OCH3 is 1. The van der Waals surface area contributed by atoms with Gasteiger partial charge in [0.2, 0.25) is 0 Å². The van der Waals surface area contributed by atoms with Gasteiger partial charge in [-0.15, -0.1) is 0 Å². The second-order valence-electron chi connectivity index (χ2n) is 3.92. The molecule has 0 radical (unpaired) electrons. The molecule has 0 fully saturated rings. The van der Waals surface area contributed by atoms with E-state index in [1.165, 1.54) is 0 Å². The van der Waals surface area contributed by atoms with E-state index in [0.29, 0.717) is 0 Å². The van der Waals surface area contributed by atoms with E-state index in [1.54, 1.807) is 7.11 Å². The minimum absolute atomic E-state index is 0.171. The van der Waals surface area contributed by atoms with Gasteiger partial charge in [-0.25, -0.2) is 0 Å². The van der Waals surface area contributed by atoms with Gasteiger partial charge in [0.25, 0.3) is 0 Å². The Kier molecular flexibility index (Phi) is 4.33. The number of nitrogens with two attached hydrogens (primary N) is 1. The summed E-state index contributed by atoms with van der Waals surface area (Å²) >= 11 is 0. The molecule has 0 saturated heterocycles. The van der Waals surface area contributed by atoms with E-state index in [-0.39, 0.29) is 12.0 Å². The Hall–Kier alpha value is -1.53. The van der Waals surface area contributed by atoms with E-state index in [2.05, 4.69) is 6.07 Å². The molecule has 16 heavy (non-hydrogen) atoms. The summed E-state index contributed by atoms with van der Waals surface area (Å²) in [6, 6.07) is 7.81. The van der Waals surface area contributed by atoms with E-state index in [9.17, 15) is 0 Å². The van der Waals surface area contributed by atoms with Crippen molar-refractivity contribution in [2.24, 2.45) is 11.7 Å². The van der Waals surface area contributed by atoms with E-state index < -0.39 is 0 Å². The van der Waals surface area contributed by atoms with Gasteiger partial charge in [-0.1, -0.05) is 24.6 Å². The third kappa shape index (κ3) is 2.53. The van der Waals surface area contributed by atoms with Gasteiger partial charge in [0, 0.05) is 11.6 Å². The number of aryl methyl sites for hydroxylation is 1. The second kappa shape index (κ2) is 5.53. The molecule has 1 rings (SSSR count). The molecule has 0 aliphatic rings. The fourth-order valence-corrected chi connectivity index (χ4v) is 1.76. The maximum Gasteiger partial charge on any atom is 0.123 e. The number of nitrogens with zero attached hydrogens (tertiary/aromatic N) is 1. The Morgan fingerprint density at radius 1 is 1.50 bits per heavy atom. The van der Waals surface area contributed by atoms with E-state index in [4.69, 9.17) is 15.7 Å². The third-order valence-corrected chi connectivity index (χ3v) is 2.78. The summed E-state index contributed by atoms with van der Waals surface area (Å²) < 4.78 is 5.27. The lowest BCUT2D eigenvalue weighted by Crippen LogP contribution is -2.20. The average molecular weight is 218 g/mol. The van der Waals surface area contributed by atoms with Crippen LogP contribution in [0, 0.1) is 24.2 Å². The normalized spacial score (nSPS) is 13.9. The summed E-state index contributed by atoms with van der Waals surface area (Å²) in [6.07, 6.45) is 0.745. The first-order chi connectivity index (χ1) is 7.63. The van der Waals surface area contributed by atoms with Crippen LogP contribution in [0.3, 0.4) is 0 Å². The zero-order chi connectivity index (χ0) is 12.1. The van der Waals surface area contributed by atoms with Gasteiger partial charge in [0.05, 0.1) is 19.1 Å². The molecule has 0 amide bonds. The summed E-state index contributed by atoms with van der Waals surface area (Å²) in [6.45, 7) is 3.97. The molecule has 0 heterocycles. The molecule has 0 aliphatic heterocycles. The number of ether oxygens (including phenoxy) is 1. The highest BCUT2D eigenvalue weighted by molar-refractivity contribution is 5.39. The number of benzene rings is 1. The quantitative estimate of drug-likeness (QED) is 0.844. The molecule has 2 unspecified atom stereocenters. The molecule has 86 valence electrons. The van der Waals surface area contributed by atoms with Gasteiger partial charge in [-0.05, 0) is 19.4 Å². The lowest BCUT2D eigenvalue weighted by Gasteiger charge is -2.19. The zero-order valence-corrected chi connectivity index (χ0v) is 10.0. The van der Waals surface area contributed by atoms with Gasteiger partial charge in [-0.2, -0.15) is 5.26 Å². The number of nitriles is 1. The van der Waals surface area contributed by atoms with E-state index in [0.717, 1.165) is 23.3 Å². The van der Waals surface area contributed by atoms with Gasteiger partial charge in [0.1, 0.15) is 5.75 Å². The average Bonchev–Trinajstić information content (AvgIpc) is 2.30. The molecule has 1 aromatic carbocycles. The Bertz CT molecular complexity index is 395. The van der Waals surface area contributed by atoms with Gasteiger partial charge in [0.15, 0.2) is 0 Å². The highest BCUT2D eigenvalue weighted by atomic mass is 16.5. The van der Waals surface area contributed by atoms with E-state index >= 15 is 0 Å². The van der Waals surface area contributed by atoms with Crippen molar-refractivity contribution in [1.82, 2.24) is 0 Å². The molecule has 2 N–H and O–H groups in total. The molecule has 3 heteroatoms. The largest absolute Gasteiger partial charge is 0.496 e. The van der Waals surface area contributed by atoms with Crippen LogP contribution in [0.4, 0.5) is 0 Å². The lowest BCUT2D eigenvalue weighted by molar-refractivity contribution is 0.397. The van der Waals surface area contributed by atoms with E-state index in [1.807, 2.05) is 32.0 Å². The van der Waals surface area contributed by atoms with Crippen LogP contribution in [0.15, 0.2) is 18.2 Å². The molecule has 0 bridgehead atoms. The first-order valence-corrected chi connectivity index (χ1v) is 5.43. The third-order valence-electron chi connectivity index (χ3n) is 2.78. The molecule has 3 nitrogen and oxygen atoms in total. The van der Waals surface area contributed by atoms with Crippen LogP contribution in [0.1, 0.15) is 30.5 Å². The van der Waals surface area contributed by atoms with Crippen LogP contribution in [-0.2, 0) is 0 Å². The highest BCUT2D eigenvalue weighted by Gasteiger charge is 2.20. The minimum atomic E-state index is -0.287. The van der Waals surface area contributed by atoms with Crippen molar-refractivity contribution in [2.75, 3.05) is 7.11 Å². The van der Waals surface area contributed by atoms with Crippen molar-refractivity contribution in [2.45, 2.75) is 26.3 Å². The Morgan fingerprint density at radius 2 is 2.19 bits per heavy atom. The fraction of sp³-hybridized carbons (Fsp3) is 0.462. The molecule has 0 spiro atoms. The molecular formula is C13H18N2O. The molecule has 0 saturated carbocycles. The first-order valence-electron chi connectivity index (χ1n) is 5.43. The van der Waals surface area contributed by atoms with Gasteiger partial charge < -0.3 is 10.5 Å². The van der Waals surface area contributed by atoms with Crippen molar-refractivity contribution in [3.63, 3.8) is 0 Å². The second-order valence-corrected chi connectivity index (χ2v) is 3.92. The van der Waals surface area contributed by atoms with Crippen LogP contribution >= 0.6 is 0 Å². The molecule has 0 aromatic heterocycles. The monoisotopic (exact) mass is 218 g/mol. The van der Waals surface area contributed by atoms with Crippen LogP contribution in [-0.4, -0.2) is 7.11 Å². The number of hydrogen-bond donors (Lipinski definition) is 1. The Labute approximate surface area is 96.8 Å². The van der Waals surface area contributed by atoms with Crippen molar-refractivity contribution >= 4 is 0 Å². The van der Waals surface area contributed by atoms with Gasteiger partial charge >= 0.3 is 0 Å². The Morgan fingerprint density at radius 3 is 2.69 bits per heavy atom. The SMILES string of the molecule is CCC(C#N)C(N)c1cc(C)ccc1OC. The van der Waals surface area contributed by atoms with Crippen molar-refractivity contribution in [1.29, 1.82) is 5.26 Å². The van der Waals surface area contributed by atoms with Crippen LogP contribution in [0.2, 0.25) is 0 Å². The standard InChI is InChI=1S/C13H18N2O/c1-4-10(8-14)13(15)11-7-9(2)5-6-12(11)16-3/h5-7,10,13H,4,15H2,1-3H3. The number of hydrogen-bond acceptors (Lipinski definition) is 3. The Balaban J connectivity index is 3.11. The topological polar surface area (TPSA) is 59.0 Å².